The number of aryl methyl sites for hydroxylation is 1. The van der Waals surface area contributed by atoms with Crippen LogP contribution in [-0.2, 0) is 43.7 Å². The second-order valence-electron chi connectivity index (χ2n) is 18.9. The monoisotopic (exact) mass is 920 g/mol. The second-order valence-corrected chi connectivity index (χ2v) is 20.2. The molecule has 0 spiro atoms. The maximum absolute atomic E-state index is 11.9. The molecule has 4 aromatic carbocycles. The van der Waals surface area contributed by atoms with Crippen molar-refractivity contribution in [2.75, 3.05) is 74.0 Å². The molecule has 13 rings (SSSR count). The molecule has 0 radical (unpaired) electrons. The molecule has 6 aliphatic heterocycles. The highest BCUT2D eigenvalue weighted by molar-refractivity contribution is 6.42. The van der Waals surface area contributed by atoms with E-state index in [1.165, 1.54) is 91.2 Å². The molecule has 1 amide bonds. The van der Waals surface area contributed by atoms with Crippen LogP contribution in [-0.4, -0.2) is 75.4 Å². The Kier molecular flexibility index (Phi) is 13.5. The highest BCUT2D eigenvalue weighted by Crippen LogP contribution is 2.49. The number of nitrogens with one attached hydrogen (secondary N) is 5. The van der Waals surface area contributed by atoms with Gasteiger partial charge in [0.2, 0.25) is 5.91 Å². The molecular formula is C52H63Cl3N8O. The molecule has 338 valence electrons. The Bertz CT molecular complexity index is 2500. The van der Waals surface area contributed by atoms with Gasteiger partial charge in [0.1, 0.15) is 6.04 Å². The molecule has 1 aromatic heterocycles. The van der Waals surface area contributed by atoms with Crippen molar-refractivity contribution in [2.45, 2.75) is 95.8 Å². The number of carbonyl (C=O) groups is 1. The topological polar surface area (TPSA) is 88.6 Å². The Morgan fingerprint density at radius 3 is 2.38 bits per heavy atom. The zero-order valence-electron chi connectivity index (χ0n) is 37.2. The van der Waals surface area contributed by atoms with Gasteiger partial charge in [-0.25, -0.2) is 0 Å². The van der Waals surface area contributed by atoms with Crippen molar-refractivity contribution in [1.82, 2.24) is 25.8 Å². The van der Waals surface area contributed by atoms with E-state index >= 15 is 0 Å². The molecule has 4 atom stereocenters. The van der Waals surface area contributed by atoms with Crippen LogP contribution >= 0.6 is 34.8 Å². The van der Waals surface area contributed by atoms with Crippen molar-refractivity contribution < 1.29 is 4.79 Å². The number of benzene rings is 4. The van der Waals surface area contributed by atoms with Crippen LogP contribution in [0.3, 0.4) is 0 Å². The summed E-state index contributed by atoms with van der Waals surface area (Å²) < 4.78 is 2.60. The van der Waals surface area contributed by atoms with Crippen LogP contribution < -0.4 is 36.4 Å². The number of nitrogens with zero attached hydrogens (tertiary/aromatic N) is 3. The van der Waals surface area contributed by atoms with Gasteiger partial charge in [0.15, 0.2) is 0 Å². The zero-order chi connectivity index (χ0) is 43.7. The van der Waals surface area contributed by atoms with Crippen LogP contribution in [0.15, 0.2) is 66.7 Å². The molecule has 1 saturated heterocycles. The fraction of sp³-hybridized carbons (Fsp3) is 0.481. The van der Waals surface area contributed by atoms with Gasteiger partial charge in [-0.05, 0) is 127 Å². The van der Waals surface area contributed by atoms with E-state index < -0.39 is 0 Å². The number of piperazine rings is 1. The Hall–Kier alpha value is -3.80. The predicted octanol–water partition coefficient (Wildman–Crippen LogP) is 9.43. The van der Waals surface area contributed by atoms with Crippen molar-refractivity contribution in [2.24, 2.45) is 5.92 Å². The van der Waals surface area contributed by atoms with Gasteiger partial charge in [-0.3, -0.25) is 4.79 Å². The fourth-order valence-corrected chi connectivity index (χ4v) is 12.4. The molecule has 7 heterocycles. The van der Waals surface area contributed by atoms with Gasteiger partial charge < -0.3 is 41.0 Å². The number of aromatic nitrogens is 1. The molecule has 5 aromatic rings. The predicted molar refractivity (Wildman–Crippen MR) is 266 cm³/mol. The first-order valence-corrected chi connectivity index (χ1v) is 25.1. The van der Waals surface area contributed by atoms with Crippen LogP contribution in [0, 0.1) is 5.92 Å². The molecule has 12 heteroatoms. The summed E-state index contributed by atoms with van der Waals surface area (Å²) in [6.07, 6.45) is 10.7. The summed E-state index contributed by atoms with van der Waals surface area (Å²) in [6.45, 7) is 14.7. The van der Waals surface area contributed by atoms with Crippen LogP contribution in [0.25, 0.3) is 10.9 Å². The van der Waals surface area contributed by atoms with E-state index in [-0.39, 0.29) is 11.9 Å². The third kappa shape index (κ3) is 8.91. The molecule has 5 N–H and O–H groups in total. The zero-order valence-corrected chi connectivity index (χ0v) is 39.5. The van der Waals surface area contributed by atoms with Gasteiger partial charge in [-0.2, -0.15) is 0 Å². The van der Waals surface area contributed by atoms with E-state index in [0.29, 0.717) is 22.5 Å². The minimum Gasteiger partial charge on any atom is -0.369 e. The number of halogens is 3. The van der Waals surface area contributed by atoms with Gasteiger partial charge in [0.05, 0.1) is 26.9 Å². The summed E-state index contributed by atoms with van der Waals surface area (Å²) in [7, 11) is 0. The normalized spacial score (nSPS) is 23.8. The number of hydrogen-bond donors (Lipinski definition) is 5. The van der Waals surface area contributed by atoms with Crippen molar-refractivity contribution in [3.05, 3.63) is 121 Å². The van der Waals surface area contributed by atoms with Crippen molar-refractivity contribution >= 4 is 68.7 Å². The summed E-state index contributed by atoms with van der Waals surface area (Å²) in [5, 5.41) is 19.9. The number of fused-ring (bicyclic) bond motifs is 9. The highest BCUT2D eigenvalue weighted by atomic mass is 35.5. The summed E-state index contributed by atoms with van der Waals surface area (Å²) in [5.41, 5.74) is 15.6. The lowest BCUT2D eigenvalue weighted by Crippen LogP contribution is -2.58. The molecule has 9 nitrogen and oxygen atoms in total. The van der Waals surface area contributed by atoms with Gasteiger partial charge in [0, 0.05) is 93.8 Å². The highest BCUT2D eigenvalue weighted by Gasteiger charge is 2.38. The largest absolute Gasteiger partial charge is 0.369 e. The lowest BCUT2D eigenvalue weighted by atomic mass is 9.82. The van der Waals surface area contributed by atoms with Crippen LogP contribution in [0.1, 0.15) is 89.9 Å². The Labute approximate surface area is 394 Å². The van der Waals surface area contributed by atoms with Crippen molar-refractivity contribution in [3.8, 4) is 0 Å². The van der Waals surface area contributed by atoms with E-state index in [0.717, 1.165) is 93.6 Å². The van der Waals surface area contributed by atoms with E-state index in [1.807, 2.05) is 12.1 Å². The summed E-state index contributed by atoms with van der Waals surface area (Å²) in [6, 6.07) is 23.4. The smallest absolute Gasteiger partial charge is 0.248 e. The standard InChI is InChI=1S/C15H20N2.C15H18N2.C11H11Cl2N3O.C11H14ClN/c1-3-11-9-16-7-8-17-10-12-4-2-5-13(12)14(6-1)15(11)17;1-2-7-14-12(5-1)13-6-3-4-11-10-16-8-9-17(14)15(11)13;12-6-3-8-9(4-7(6)13)16-2-1-14-5-10(16)11(17)15-8;1-8-7-13-5-4-9-2-3-10(12)6-11(8)9/h1,3,6,12-13,16H,2,4-5,7-10H2;3-4,6,16H,1-2,5,7-10H2;3-4,10,14H,1-2,5H2,(H,15,17);2-3,6,8,13H,4-5,7H2,1H3/t12-,13-;;;8-/m0..0/s1. The molecule has 0 bridgehead atoms. The third-order valence-electron chi connectivity index (χ3n) is 15.0. The number of rotatable bonds is 0. The third-order valence-corrected chi connectivity index (χ3v) is 15.9. The number of anilines is 3. The molecule has 64 heavy (non-hydrogen) atoms. The van der Waals surface area contributed by atoms with E-state index in [2.05, 4.69) is 96.4 Å². The molecule has 1 saturated carbocycles. The van der Waals surface area contributed by atoms with Gasteiger partial charge in [0.25, 0.3) is 0 Å². The van der Waals surface area contributed by atoms with Crippen LogP contribution in [0.5, 0.6) is 0 Å². The molecule has 2 fully saturated rings. The molecule has 2 aliphatic carbocycles. The van der Waals surface area contributed by atoms with Crippen molar-refractivity contribution in [3.63, 3.8) is 0 Å². The SMILES string of the molecule is C[C@H]1CNCCc2ccc(Cl)cc21.O=C1Nc2cc(Cl)c(Cl)cc2N2CCNCC12.c1cc2c3c(c1)[C@H]1CCC[C@H]1CN3CCNC2.c1cc2c3c(c1)c1c(n3CCNC2)CCCC1. The second kappa shape index (κ2) is 19.6. The fourth-order valence-electron chi connectivity index (χ4n) is 11.9. The van der Waals surface area contributed by atoms with Crippen molar-refractivity contribution in [1.29, 1.82) is 0 Å². The van der Waals surface area contributed by atoms with Crippen LogP contribution in [0.2, 0.25) is 15.1 Å². The van der Waals surface area contributed by atoms with E-state index in [4.69, 9.17) is 34.8 Å². The number of amides is 1. The number of carbonyl (C=O) groups excluding carboxylic acids is 1. The Morgan fingerprint density at radius 2 is 1.47 bits per heavy atom. The molecule has 1 unspecified atom stereocenters. The maximum Gasteiger partial charge on any atom is 0.248 e. The quantitative estimate of drug-likeness (QED) is 0.106. The number of para-hydroxylation sites is 2. The maximum atomic E-state index is 11.9. The molecular weight excluding hydrogens is 859 g/mol. The lowest BCUT2D eigenvalue weighted by Gasteiger charge is -2.41. The minimum atomic E-state index is -0.159. The van der Waals surface area contributed by atoms with Gasteiger partial charge in [-0.1, -0.05) is 90.6 Å². The lowest BCUT2D eigenvalue weighted by molar-refractivity contribution is -0.117. The first kappa shape index (κ1) is 44.1. The van der Waals surface area contributed by atoms with E-state index in [1.54, 1.807) is 28.6 Å². The van der Waals surface area contributed by atoms with Crippen LogP contribution in [0.4, 0.5) is 17.1 Å². The molecule has 8 aliphatic rings. The van der Waals surface area contributed by atoms with Gasteiger partial charge >= 0.3 is 0 Å². The van der Waals surface area contributed by atoms with Gasteiger partial charge in [-0.15, -0.1) is 0 Å². The minimum absolute atomic E-state index is 0.00286. The Balaban J connectivity index is 0.000000102. The number of hydrogen-bond acceptors (Lipinski definition) is 7. The Morgan fingerprint density at radius 1 is 0.688 bits per heavy atom. The first-order chi connectivity index (χ1) is 31.3. The summed E-state index contributed by atoms with van der Waals surface area (Å²) >= 11 is 18.0. The van der Waals surface area contributed by atoms with E-state index in [9.17, 15) is 4.79 Å². The summed E-state index contributed by atoms with van der Waals surface area (Å²) in [4.78, 5) is 16.6. The first-order valence-electron chi connectivity index (χ1n) is 24.0. The average Bonchev–Trinajstić information content (AvgIpc) is 3.68. The average molecular weight is 922 g/mol. The summed E-state index contributed by atoms with van der Waals surface area (Å²) in [5.74, 6) is 2.37.